The van der Waals surface area contributed by atoms with Gasteiger partial charge >= 0.3 is 0 Å². The first-order valence-electron chi connectivity index (χ1n) is 6.19. The summed E-state index contributed by atoms with van der Waals surface area (Å²) in [6.07, 6.45) is 0. The van der Waals surface area contributed by atoms with Crippen LogP contribution in [0.2, 0.25) is 0 Å². The van der Waals surface area contributed by atoms with Crippen molar-refractivity contribution in [3.63, 3.8) is 0 Å². The average Bonchev–Trinajstić information content (AvgIpc) is 2.20. The number of likely N-dealkylation sites (N-methyl/N-ethyl adjacent to an activating group) is 1. The summed E-state index contributed by atoms with van der Waals surface area (Å²) in [5, 5.41) is 3.31. The molecule has 1 rings (SSSR count). The third-order valence-electron chi connectivity index (χ3n) is 3.50. The molecule has 1 aliphatic heterocycles. The minimum Gasteiger partial charge on any atom is -0.319 e. The smallest absolute Gasteiger partial charge is 0.0110 e. The number of hydrogen-bond acceptors (Lipinski definition) is 3. The normalized spacial score (nSPS) is 22.2. The fourth-order valence-corrected chi connectivity index (χ4v) is 2.14. The van der Waals surface area contributed by atoms with Crippen LogP contribution < -0.4 is 5.32 Å². The molecule has 0 bridgehead atoms. The topological polar surface area (TPSA) is 18.5 Å². The second-order valence-corrected chi connectivity index (χ2v) is 5.17. The SMILES string of the molecule is CNCC(CN1CCN(C)CC1)C(C)C. The van der Waals surface area contributed by atoms with Crippen LogP contribution in [0, 0.1) is 11.8 Å². The Morgan fingerprint density at radius 2 is 1.73 bits per heavy atom. The van der Waals surface area contributed by atoms with Crippen molar-refractivity contribution in [3.8, 4) is 0 Å². The third kappa shape index (κ3) is 4.49. The van der Waals surface area contributed by atoms with Crippen molar-refractivity contribution in [2.24, 2.45) is 11.8 Å². The number of hydrogen-bond donors (Lipinski definition) is 1. The van der Waals surface area contributed by atoms with Gasteiger partial charge in [0.1, 0.15) is 0 Å². The lowest BCUT2D eigenvalue weighted by molar-refractivity contribution is 0.124. The Morgan fingerprint density at radius 1 is 1.13 bits per heavy atom. The van der Waals surface area contributed by atoms with E-state index in [0.717, 1.165) is 18.4 Å². The van der Waals surface area contributed by atoms with Gasteiger partial charge in [-0.1, -0.05) is 13.8 Å². The standard InChI is InChI=1S/C12H27N3/c1-11(2)12(9-13-3)10-15-7-5-14(4)6-8-15/h11-13H,5-10H2,1-4H3. The van der Waals surface area contributed by atoms with Gasteiger partial charge < -0.3 is 15.1 Å². The van der Waals surface area contributed by atoms with Crippen LogP contribution in [0.4, 0.5) is 0 Å². The lowest BCUT2D eigenvalue weighted by Gasteiger charge is -2.35. The van der Waals surface area contributed by atoms with Gasteiger partial charge in [0.2, 0.25) is 0 Å². The largest absolute Gasteiger partial charge is 0.319 e. The molecule has 0 spiro atoms. The highest BCUT2D eigenvalue weighted by Crippen LogP contribution is 2.13. The zero-order chi connectivity index (χ0) is 11.3. The fraction of sp³-hybridized carbons (Fsp3) is 1.00. The summed E-state index contributed by atoms with van der Waals surface area (Å²) in [5.41, 5.74) is 0. The molecule has 15 heavy (non-hydrogen) atoms. The van der Waals surface area contributed by atoms with Crippen LogP contribution in [0.3, 0.4) is 0 Å². The Kier molecular flexibility index (Phi) is 5.58. The third-order valence-corrected chi connectivity index (χ3v) is 3.50. The molecule has 0 aliphatic carbocycles. The average molecular weight is 213 g/mol. The summed E-state index contributed by atoms with van der Waals surface area (Å²) in [6, 6.07) is 0. The van der Waals surface area contributed by atoms with Crippen molar-refractivity contribution >= 4 is 0 Å². The molecule has 1 heterocycles. The van der Waals surface area contributed by atoms with E-state index >= 15 is 0 Å². The van der Waals surface area contributed by atoms with Gasteiger partial charge in [0.15, 0.2) is 0 Å². The van der Waals surface area contributed by atoms with Gasteiger partial charge in [0.25, 0.3) is 0 Å². The second-order valence-electron chi connectivity index (χ2n) is 5.17. The monoisotopic (exact) mass is 213 g/mol. The van der Waals surface area contributed by atoms with E-state index in [0.29, 0.717) is 0 Å². The summed E-state index contributed by atoms with van der Waals surface area (Å²) in [7, 11) is 4.27. The minimum absolute atomic E-state index is 0.775. The van der Waals surface area contributed by atoms with Crippen molar-refractivity contribution in [2.45, 2.75) is 13.8 Å². The van der Waals surface area contributed by atoms with E-state index in [1.54, 1.807) is 0 Å². The van der Waals surface area contributed by atoms with Gasteiger partial charge in [-0.25, -0.2) is 0 Å². The number of nitrogens with one attached hydrogen (secondary N) is 1. The summed E-state index contributed by atoms with van der Waals surface area (Å²) >= 11 is 0. The molecule has 1 unspecified atom stereocenters. The molecule has 1 aliphatic rings. The van der Waals surface area contributed by atoms with Crippen molar-refractivity contribution in [2.75, 3.05) is 53.4 Å². The first-order valence-corrected chi connectivity index (χ1v) is 6.19. The van der Waals surface area contributed by atoms with Gasteiger partial charge in [-0.15, -0.1) is 0 Å². The number of nitrogens with zero attached hydrogens (tertiary/aromatic N) is 2. The van der Waals surface area contributed by atoms with Gasteiger partial charge in [-0.2, -0.15) is 0 Å². The Bertz CT molecular complexity index is 162. The Labute approximate surface area is 94.8 Å². The van der Waals surface area contributed by atoms with Crippen molar-refractivity contribution in [1.29, 1.82) is 0 Å². The molecular weight excluding hydrogens is 186 g/mol. The van der Waals surface area contributed by atoms with Gasteiger partial charge in [-0.05, 0) is 32.5 Å². The Hall–Kier alpha value is -0.120. The molecule has 1 fully saturated rings. The lowest BCUT2D eigenvalue weighted by atomic mass is 9.95. The molecule has 0 aromatic rings. The summed E-state index contributed by atoms with van der Waals surface area (Å²) in [5.74, 6) is 1.57. The zero-order valence-corrected chi connectivity index (χ0v) is 10.8. The van der Waals surface area contributed by atoms with Gasteiger partial charge in [-0.3, -0.25) is 0 Å². The molecule has 0 radical (unpaired) electrons. The molecule has 3 heteroatoms. The van der Waals surface area contributed by atoms with E-state index in [1.807, 2.05) is 0 Å². The van der Waals surface area contributed by atoms with E-state index < -0.39 is 0 Å². The quantitative estimate of drug-likeness (QED) is 0.726. The fourth-order valence-electron chi connectivity index (χ4n) is 2.14. The zero-order valence-electron chi connectivity index (χ0n) is 10.8. The molecule has 1 N–H and O–H groups in total. The van der Waals surface area contributed by atoms with E-state index in [1.165, 1.54) is 32.7 Å². The first-order chi connectivity index (χ1) is 7.13. The maximum absolute atomic E-state index is 3.31. The molecule has 0 aromatic carbocycles. The molecule has 0 saturated carbocycles. The van der Waals surface area contributed by atoms with Crippen LogP contribution >= 0.6 is 0 Å². The van der Waals surface area contributed by atoms with Crippen molar-refractivity contribution in [3.05, 3.63) is 0 Å². The van der Waals surface area contributed by atoms with Crippen LogP contribution in [0.5, 0.6) is 0 Å². The second kappa shape index (κ2) is 6.46. The van der Waals surface area contributed by atoms with Crippen LogP contribution in [0.25, 0.3) is 0 Å². The molecule has 1 saturated heterocycles. The van der Waals surface area contributed by atoms with Crippen molar-refractivity contribution in [1.82, 2.24) is 15.1 Å². The number of rotatable bonds is 5. The minimum atomic E-state index is 0.775. The summed E-state index contributed by atoms with van der Waals surface area (Å²) in [6.45, 7) is 12.0. The van der Waals surface area contributed by atoms with Gasteiger partial charge in [0.05, 0.1) is 0 Å². The van der Waals surface area contributed by atoms with E-state index in [4.69, 9.17) is 0 Å². The Balaban J connectivity index is 2.31. The van der Waals surface area contributed by atoms with E-state index in [9.17, 15) is 0 Å². The molecule has 1 atom stereocenters. The maximum atomic E-state index is 3.31. The number of piperazine rings is 1. The predicted molar refractivity (Wildman–Crippen MR) is 66.2 cm³/mol. The molecule has 90 valence electrons. The van der Waals surface area contributed by atoms with Crippen LogP contribution in [-0.4, -0.2) is 63.2 Å². The molecular formula is C12H27N3. The highest BCUT2D eigenvalue weighted by atomic mass is 15.2. The van der Waals surface area contributed by atoms with Gasteiger partial charge in [0, 0.05) is 32.7 Å². The first kappa shape index (κ1) is 12.9. The highest BCUT2D eigenvalue weighted by Gasteiger charge is 2.19. The van der Waals surface area contributed by atoms with E-state index in [-0.39, 0.29) is 0 Å². The van der Waals surface area contributed by atoms with Crippen LogP contribution in [0.1, 0.15) is 13.8 Å². The summed E-state index contributed by atoms with van der Waals surface area (Å²) in [4.78, 5) is 5.03. The predicted octanol–water partition coefficient (Wildman–Crippen LogP) is 0.725. The highest BCUT2D eigenvalue weighted by molar-refractivity contribution is 4.75. The maximum Gasteiger partial charge on any atom is 0.0110 e. The molecule has 3 nitrogen and oxygen atoms in total. The molecule has 0 amide bonds. The van der Waals surface area contributed by atoms with Crippen LogP contribution in [0.15, 0.2) is 0 Å². The summed E-state index contributed by atoms with van der Waals surface area (Å²) < 4.78 is 0. The van der Waals surface area contributed by atoms with Crippen LogP contribution in [-0.2, 0) is 0 Å². The lowest BCUT2D eigenvalue weighted by Crippen LogP contribution is -2.47. The molecule has 0 aromatic heterocycles. The van der Waals surface area contributed by atoms with E-state index in [2.05, 4.69) is 43.1 Å². The van der Waals surface area contributed by atoms with Crippen molar-refractivity contribution < 1.29 is 0 Å². The Morgan fingerprint density at radius 3 is 2.20 bits per heavy atom.